The van der Waals surface area contributed by atoms with E-state index in [1.807, 2.05) is 5.41 Å². The number of anilines is 1. The van der Waals surface area contributed by atoms with Crippen LogP contribution in [-0.4, -0.2) is 20.9 Å². The van der Waals surface area contributed by atoms with Gasteiger partial charge in [0.15, 0.2) is 0 Å². The van der Waals surface area contributed by atoms with Gasteiger partial charge in [0, 0.05) is 23.3 Å². The lowest BCUT2D eigenvalue weighted by molar-refractivity contribution is 0.626. The summed E-state index contributed by atoms with van der Waals surface area (Å²) in [6.07, 6.45) is 3.47. The van der Waals surface area contributed by atoms with Crippen LogP contribution in [0, 0.1) is 11.8 Å². The zero-order valence-electron chi connectivity index (χ0n) is 11.6. The van der Waals surface area contributed by atoms with Crippen LogP contribution >= 0.6 is 11.8 Å². The average Bonchev–Trinajstić information content (AvgIpc) is 2.72. The van der Waals surface area contributed by atoms with Crippen LogP contribution in [0.1, 0.15) is 33.3 Å². The number of nitrogens with zero attached hydrogens (tertiary/aromatic N) is 2. The van der Waals surface area contributed by atoms with Crippen LogP contribution in [0.2, 0.25) is 0 Å². The molecule has 100 valence electrons. The topological polar surface area (TPSA) is 49.8 Å². The van der Waals surface area contributed by atoms with Gasteiger partial charge in [-0.05, 0) is 33.6 Å². The molecule has 19 heavy (non-hydrogen) atoms. The summed E-state index contributed by atoms with van der Waals surface area (Å²) in [6.45, 7) is 8.31. The van der Waals surface area contributed by atoms with Gasteiger partial charge >= 0.3 is 0 Å². The summed E-state index contributed by atoms with van der Waals surface area (Å²) in [5.74, 6) is 6.75. The summed E-state index contributed by atoms with van der Waals surface area (Å²) >= 11 is 1.73. The van der Waals surface area contributed by atoms with Gasteiger partial charge in [-0.1, -0.05) is 5.92 Å². The third-order valence-corrected chi connectivity index (χ3v) is 3.13. The third-order valence-electron chi connectivity index (χ3n) is 2.23. The van der Waals surface area contributed by atoms with Gasteiger partial charge in [-0.15, -0.1) is 11.8 Å². The first-order valence-electron chi connectivity index (χ1n) is 6.17. The van der Waals surface area contributed by atoms with Crippen molar-refractivity contribution < 1.29 is 0 Å². The first-order chi connectivity index (χ1) is 8.92. The lowest BCUT2D eigenvalue weighted by Gasteiger charge is -2.19. The number of rotatable bonds is 1. The molecule has 1 aromatic heterocycles. The van der Waals surface area contributed by atoms with E-state index < -0.39 is 0 Å². The summed E-state index contributed by atoms with van der Waals surface area (Å²) in [4.78, 5) is 8.51. The molecule has 0 fully saturated rings. The lowest BCUT2D eigenvalue weighted by atomic mass is 10.1. The predicted molar refractivity (Wildman–Crippen MR) is 80.6 cm³/mol. The number of allylic oxidation sites excluding steroid dienone is 1. The fraction of sp³-hybridized carbons (Fsp3) is 0.429. The van der Waals surface area contributed by atoms with Crippen LogP contribution in [0.25, 0.3) is 0 Å². The molecule has 0 bridgehead atoms. The van der Waals surface area contributed by atoms with E-state index in [0.717, 1.165) is 11.3 Å². The van der Waals surface area contributed by atoms with Gasteiger partial charge in [0.25, 0.3) is 0 Å². The summed E-state index contributed by atoms with van der Waals surface area (Å²) < 4.78 is 0. The molecule has 1 atom stereocenters. The van der Waals surface area contributed by atoms with Gasteiger partial charge in [-0.25, -0.2) is 9.97 Å². The summed E-state index contributed by atoms with van der Waals surface area (Å²) in [7, 11) is 0. The first-order valence-corrected chi connectivity index (χ1v) is 7.11. The monoisotopic (exact) mass is 274 g/mol. The summed E-state index contributed by atoms with van der Waals surface area (Å²) in [5, 5.41) is 8.92. The molecule has 1 aliphatic rings. The highest BCUT2D eigenvalue weighted by molar-refractivity contribution is 8.02. The number of hydrogen-bond donors (Lipinski definition) is 2. The number of hydrogen-bond acceptors (Lipinski definition) is 5. The number of nitrogens with one attached hydrogen (secondary N) is 2. The Morgan fingerprint density at radius 1 is 1.26 bits per heavy atom. The fourth-order valence-electron chi connectivity index (χ4n) is 1.45. The summed E-state index contributed by atoms with van der Waals surface area (Å²) in [6, 6.07) is 0. The van der Waals surface area contributed by atoms with Crippen molar-refractivity contribution in [3.05, 3.63) is 29.1 Å². The Labute approximate surface area is 118 Å². The lowest BCUT2D eigenvalue weighted by Crippen LogP contribution is -2.27. The van der Waals surface area contributed by atoms with E-state index in [1.54, 1.807) is 24.2 Å². The second-order valence-corrected chi connectivity index (χ2v) is 6.59. The number of thioether (sulfide) groups is 1. The highest BCUT2D eigenvalue weighted by atomic mass is 32.2. The smallest absolute Gasteiger partial charge is 0.223 e. The minimum Gasteiger partial charge on any atom is -0.366 e. The maximum Gasteiger partial charge on any atom is 0.223 e. The second-order valence-electron chi connectivity index (χ2n) is 5.37. The van der Waals surface area contributed by atoms with Crippen LogP contribution < -0.4 is 10.6 Å². The Hall–Kier alpha value is -1.67. The Morgan fingerprint density at radius 2 is 1.95 bits per heavy atom. The Balaban J connectivity index is 2.01. The van der Waals surface area contributed by atoms with Crippen LogP contribution in [0.15, 0.2) is 23.5 Å². The van der Waals surface area contributed by atoms with E-state index in [9.17, 15) is 0 Å². The van der Waals surface area contributed by atoms with Gasteiger partial charge in [0.2, 0.25) is 5.95 Å². The second kappa shape index (κ2) is 5.54. The van der Waals surface area contributed by atoms with Crippen LogP contribution in [-0.2, 0) is 0 Å². The summed E-state index contributed by atoms with van der Waals surface area (Å²) in [5.41, 5.74) is 1.72. The maximum absolute atomic E-state index is 4.25. The molecule has 0 spiro atoms. The van der Waals surface area contributed by atoms with Crippen molar-refractivity contribution in [2.75, 3.05) is 5.32 Å². The molecular formula is C14H18N4S. The first kappa shape index (κ1) is 13.8. The van der Waals surface area contributed by atoms with Crippen molar-refractivity contribution in [2.45, 2.75) is 38.6 Å². The van der Waals surface area contributed by atoms with Gasteiger partial charge < -0.3 is 10.6 Å². The molecule has 1 aliphatic heterocycles. The highest BCUT2D eigenvalue weighted by Crippen LogP contribution is 2.19. The zero-order valence-corrected chi connectivity index (χ0v) is 12.4. The van der Waals surface area contributed by atoms with Gasteiger partial charge in [-0.3, -0.25) is 0 Å². The SMILES string of the molecule is CC1NC(C#Cc2cnc(NC(C)(C)C)nc2)=CS1. The van der Waals surface area contributed by atoms with Crippen molar-refractivity contribution in [3.63, 3.8) is 0 Å². The average molecular weight is 274 g/mol. The van der Waals surface area contributed by atoms with Crippen molar-refractivity contribution in [2.24, 2.45) is 0 Å². The number of aromatic nitrogens is 2. The molecule has 0 saturated heterocycles. The zero-order chi connectivity index (χ0) is 13.9. The Bertz CT molecular complexity index is 531. The molecule has 0 aromatic carbocycles. The molecule has 2 heterocycles. The van der Waals surface area contributed by atoms with E-state index in [1.165, 1.54) is 0 Å². The quantitative estimate of drug-likeness (QED) is 0.771. The highest BCUT2D eigenvalue weighted by Gasteiger charge is 2.10. The molecule has 2 N–H and O–H groups in total. The van der Waals surface area contributed by atoms with Crippen LogP contribution in [0.5, 0.6) is 0 Å². The molecule has 2 rings (SSSR count). The Morgan fingerprint density at radius 3 is 2.47 bits per heavy atom. The van der Waals surface area contributed by atoms with Crippen LogP contribution in [0.3, 0.4) is 0 Å². The van der Waals surface area contributed by atoms with E-state index in [0.29, 0.717) is 11.3 Å². The van der Waals surface area contributed by atoms with Gasteiger partial charge in [0.1, 0.15) is 0 Å². The van der Waals surface area contributed by atoms with E-state index >= 15 is 0 Å². The van der Waals surface area contributed by atoms with Crippen molar-refractivity contribution >= 4 is 17.7 Å². The molecule has 1 aromatic rings. The van der Waals surface area contributed by atoms with E-state index in [2.05, 4.69) is 60.1 Å². The molecular weight excluding hydrogens is 256 g/mol. The minimum atomic E-state index is -0.0425. The minimum absolute atomic E-state index is 0.0425. The molecule has 4 nitrogen and oxygen atoms in total. The van der Waals surface area contributed by atoms with E-state index in [-0.39, 0.29) is 5.54 Å². The van der Waals surface area contributed by atoms with Crippen molar-refractivity contribution in [3.8, 4) is 11.8 Å². The maximum atomic E-state index is 4.25. The normalized spacial score (nSPS) is 18.1. The van der Waals surface area contributed by atoms with Crippen molar-refractivity contribution in [1.29, 1.82) is 0 Å². The van der Waals surface area contributed by atoms with Crippen LogP contribution in [0.4, 0.5) is 5.95 Å². The molecule has 1 unspecified atom stereocenters. The standard InChI is InChI=1S/C14H18N4S/c1-10-17-12(9-19-10)6-5-11-7-15-13(16-8-11)18-14(2,3)4/h7-10,17H,1-4H3,(H,15,16,18). The van der Waals surface area contributed by atoms with E-state index in [4.69, 9.17) is 0 Å². The molecule has 0 radical (unpaired) electrons. The Kier molecular flexibility index (Phi) is 4.01. The van der Waals surface area contributed by atoms with Gasteiger partial charge in [-0.2, -0.15) is 0 Å². The molecule has 0 amide bonds. The van der Waals surface area contributed by atoms with Gasteiger partial charge in [0.05, 0.1) is 16.6 Å². The fourth-order valence-corrected chi connectivity index (χ4v) is 2.12. The molecule has 5 heteroatoms. The largest absolute Gasteiger partial charge is 0.366 e. The molecule has 0 saturated carbocycles. The van der Waals surface area contributed by atoms with Crippen molar-refractivity contribution in [1.82, 2.24) is 15.3 Å². The predicted octanol–water partition coefficient (Wildman–Crippen LogP) is 2.56. The molecule has 0 aliphatic carbocycles. The third kappa shape index (κ3) is 4.49.